The number of hydrogen-bond acceptors (Lipinski definition) is 2. The highest BCUT2D eigenvalue weighted by molar-refractivity contribution is 6.14. The second kappa shape index (κ2) is 11.9. The maximum Gasteiger partial charge on any atom is 0.136 e. The molecule has 0 atom stereocenters. The molecule has 2 aromatic heterocycles. The Morgan fingerprint density at radius 1 is 0.373 bits per heavy atom. The predicted molar refractivity (Wildman–Crippen MR) is 214 cm³/mol. The summed E-state index contributed by atoms with van der Waals surface area (Å²) in [4.78, 5) is 2.35. The molecule has 0 bridgehead atoms. The topological polar surface area (TPSA) is 21.3 Å². The van der Waals surface area contributed by atoms with E-state index in [1.807, 2.05) is 12.1 Å². The molecule has 0 radical (unpaired) electrons. The highest BCUT2D eigenvalue weighted by atomic mass is 16.3. The highest BCUT2D eigenvalue weighted by Gasteiger charge is 2.20. The molecule has 0 N–H and O–H groups in total. The van der Waals surface area contributed by atoms with Crippen molar-refractivity contribution in [1.82, 2.24) is 4.57 Å². The van der Waals surface area contributed by atoms with Crippen LogP contribution in [-0.4, -0.2) is 4.57 Å². The zero-order valence-corrected chi connectivity index (χ0v) is 27.8. The number of anilines is 3. The first kappa shape index (κ1) is 29.1. The van der Waals surface area contributed by atoms with Gasteiger partial charge < -0.3 is 13.9 Å². The van der Waals surface area contributed by atoms with Crippen LogP contribution in [0.5, 0.6) is 0 Å². The standard InChI is InChI=1S/C48H32N2O/c1-2-13-35(14-3-1)49(43-20-8-6-17-40(43)41-19-12-24-47-48(41)42-18-7-11-23-46(42)51-47)36-29-25-33(26-30-36)34-27-31-37(32-28-34)50-44-21-9-4-15-38(44)39-16-5-10-22-45(39)50/h1-32H. The lowest BCUT2D eigenvalue weighted by Crippen LogP contribution is -2.11. The number of furan rings is 1. The molecule has 0 aliphatic carbocycles. The zero-order valence-electron chi connectivity index (χ0n) is 27.8. The molecule has 8 aromatic carbocycles. The number of hydrogen-bond donors (Lipinski definition) is 0. The van der Waals surface area contributed by atoms with Gasteiger partial charge in [0, 0.05) is 44.2 Å². The van der Waals surface area contributed by atoms with Gasteiger partial charge in [-0.2, -0.15) is 0 Å². The minimum Gasteiger partial charge on any atom is -0.456 e. The van der Waals surface area contributed by atoms with Gasteiger partial charge in [0.2, 0.25) is 0 Å². The Hall–Kier alpha value is -6.84. The number of nitrogens with zero attached hydrogens (tertiary/aromatic N) is 2. The summed E-state index contributed by atoms with van der Waals surface area (Å²) in [5.74, 6) is 0. The van der Waals surface area contributed by atoms with Gasteiger partial charge in [0.15, 0.2) is 0 Å². The third kappa shape index (κ3) is 4.82. The molecule has 0 spiro atoms. The summed E-state index contributed by atoms with van der Waals surface area (Å²) in [6, 6.07) is 69.1. The molecule has 0 aliphatic rings. The van der Waals surface area contributed by atoms with Crippen molar-refractivity contribution < 1.29 is 4.42 Å². The van der Waals surface area contributed by atoms with Crippen LogP contribution >= 0.6 is 0 Å². The monoisotopic (exact) mass is 652 g/mol. The fourth-order valence-corrected chi connectivity index (χ4v) is 7.71. The van der Waals surface area contributed by atoms with Gasteiger partial charge in [-0.15, -0.1) is 0 Å². The van der Waals surface area contributed by atoms with Crippen LogP contribution in [0, 0.1) is 0 Å². The lowest BCUT2D eigenvalue weighted by atomic mass is 9.96. The maximum absolute atomic E-state index is 6.29. The SMILES string of the molecule is c1ccc(N(c2ccc(-c3ccc(-n4c5ccccc5c5ccccc54)cc3)cc2)c2ccccc2-c2cccc3oc4ccccc4c23)cc1. The van der Waals surface area contributed by atoms with E-state index in [1.54, 1.807) is 0 Å². The summed E-state index contributed by atoms with van der Waals surface area (Å²) in [5, 5.41) is 4.80. The average molecular weight is 653 g/mol. The molecule has 240 valence electrons. The number of fused-ring (bicyclic) bond motifs is 6. The van der Waals surface area contributed by atoms with Gasteiger partial charge in [0.05, 0.1) is 16.7 Å². The fraction of sp³-hybridized carbons (Fsp3) is 0. The minimum absolute atomic E-state index is 0.892. The Kier molecular flexibility index (Phi) is 6.81. The van der Waals surface area contributed by atoms with Crippen LogP contribution in [0.25, 0.3) is 71.7 Å². The molecule has 3 heteroatoms. The van der Waals surface area contributed by atoms with Crippen molar-refractivity contribution in [3.8, 4) is 27.9 Å². The first-order valence-corrected chi connectivity index (χ1v) is 17.4. The van der Waals surface area contributed by atoms with E-state index in [1.165, 1.54) is 32.9 Å². The molecule has 0 saturated heterocycles. The summed E-state index contributed by atoms with van der Waals surface area (Å²) in [6.45, 7) is 0. The van der Waals surface area contributed by atoms with Gasteiger partial charge >= 0.3 is 0 Å². The second-order valence-corrected chi connectivity index (χ2v) is 12.9. The van der Waals surface area contributed by atoms with E-state index in [-0.39, 0.29) is 0 Å². The fourth-order valence-electron chi connectivity index (χ4n) is 7.71. The number of benzene rings is 8. The van der Waals surface area contributed by atoms with Crippen molar-refractivity contribution >= 4 is 60.8 Å². The molecule has 0 unspecified atom stereocenters. The number of aromatic nitrogens is 1. The normalized spacial score (nSPS) is 11.5. The molecular formula is C48H32N2O. The van der Waals surface area contributed by atoms with Gasteiger partial charge in [-0.1, -0.05) is 127 Å². The smallest absolute Gasteiger partial charge is 0.136 e. The summed E-state index contributed by atoms with van der Waals surface area (Å²) < 4.78 is 8.65. The quantitative estimate of drug-likeness (QED) is 0.178. The van der Waals surface area contributed by atoms with Crippen molar-refractivity contribution in [1.29, 1.82) is 0 Å². The highest BCUT2D eigenvalue weighted by Crippen LogP contribution is 2.45. The first-order chi connectivity index (χ1) is 25.3. The molecular weight excluding hydrogens is 621 g/mol. The molecule has 0 fully saturated rings. The van der Waals surface area contributed by atoms with Crippen molar-refractivity contribution in [3.05, 3.63) is 194 Å². The van der Waals surface area contributed by atoms with Gasteiger partial charge in [0.1, 0.15) is 11.2 Å². The van der Waals surface area contributed by atoms with Crippen LogP contribution in [0.1, 0.15) is 0 Å². The summed E-state index contributed by atoms with van der Waals surface area (Å²) >= 11 is 0. The predicted octanol–water partition coefficient (Wildman–Crippen LogP) is 13.5. The van der Waals surface area contributed by atoms with Crippen LogP contribution in [-0.2, 0) is 0 Å². The van der Waals surface area contributed by atoms with Gasteiger partial charge in [-0.05, 0) is 83.4 Å². The van der Waals surface area contributed by atoms with Crippen LogP contribution in [0.15, 0.2) is 199 Å². The van der Waals surface area contributed by atoms with Gasteiger partial charge in [-0.25, -0.2) is 0 Å². The van der Waals surface area contributed by atoms with Crippen molar-refractivity contribution in [2.75, 3.05) is 4.90 Å². The van der Waals surface area contributed by atoms with E-state index in [9.17, 15) is 0 Å². The largest absolute Gasteiger partial charge is 0.456 e. The van der Waals surface area contributed by atoms with E-state index in [2.05, 4.69) is 191 Å². The van der Waals surface area contributed by atoms with E-state index >= 15 is 0 Å². The molecule has 51 heavy (non-hydrogen) atoms. The number of para-hydroxylation sites is 5. The van der Waals surface area contributed by atoms with E-state index in [0.29, 0.717) is 0 Å². The maximum atomic E-state index is 6.29. The minimum atomic E-state index is 0.892. The third-order valence-corrected chi connectivity index (χ3v) is 10.0. The first-order valence-electron chi connectivity index (χ1n) is 17.4. The Bertz CT molecular complexity index is 2790. The van der Waals surface area contributed by atoms with Crippen LogP contribution in [0.2, 0.25) is 0 Å². The van der Waals surface area contributed by atoms with E-state index < -0.39 is 0 Å². The Morgan fingerprint density at radius 3 is 1.63 bits per heavy atom. The van der Waals surface area contributed by atoms with E-state index in [0.717, 1.165) is 55.8 Å². The molecule has 2 heterocycles. The van der Waals surface area contributed by atoms with Crippen molar-refractivity contribution in [2.45, 2.75) is 0 Å². The van der Waals surface area contributed by atoms with Crippen LogP contribution < -0.4 is 4.90 Å². The van der Waals surface area contributed by atoms with Gasteiger partial charge in [-0.3, -0.25) is 0 Å². The Morgan fingerprint density at radius 2 is 0.902 bits per heavy atom. The molecule has 10 aromatic rings. The van der Waals surface area contributed by atoms with E-state index in [4.69, 9.17) is 4.42 Å². The average Bonchev–Trinajstić information content (AvgIpc) is 3.75. The second-order valence-electron chi connectivity index (χ2n) is 12.9. The van der Waals surface area contributed by atoms with Crippen molar-refractivity contribution in [2.24, 2.45) is 0 Å². The Balaban J connectivity index is 1.05. The summed E-state index contributed by atoms with van der Waals surface area (Å²) in [6.07, 6.45) is 0. The lowest BCUT2D eigenvalue weighted by molar-refractivity contribution is 0.669. The molecule has 3 nitrogen and oxygen atoms in total. The van der Waals surface area contributed by atoms with Crippen LogP contribution in [0.4, 0.5) is 17.1 Å². The molecule has 0 saturated carbocycles. The summed E-state index contributed by atoms with van der Waals surface area (Å²) in [7, 11) is 0. The Labute approximate surface area is 295 Å². The molecule has 0 aliphatic heterocycles. The lowest BCUT2D eigenvalue weighted by Gasteiger charge is -2.28. The molecule has 0 amide bonds. The third-order valence-electron chi connectivity index (χ3n) is 10.0. The van der Waals surface area contributed by atoms with Gasteiger partial charge in [0.25, 0.3) is 0 Å². The number of rotatable bonds is 6. The zero-order chi connectivity index (χ0) is 33.7. The van der Waals surface area contributed by atoms with Crippen molar-refractivity contribution in [3.63, 3.8) is 0 Å². The summed E-state index contributed by atoms with van der Waals surface area (Å²) in [5.41, 5.74) is 13.3. The van der Waals surface area contributed by atoms with Crippen LogP contribution in [0.3, 0.4) is 0 Å². The molecule has 10 rings (SSSR count).